The Morgan fingerprint density at radius 2 is 1.96 bits per heavy atom. The van der Waals surface area contributed by atoms with Crippen LogP contribution in [-0.2, 0) is 0 Å². The Balaban J connectivity index is 1.64. The number of benzene rings is 1. The molecule has 0 bridgehead atoms. The van der Waals surface area contributed by atoms with Crippen molar-refractivity contribution in [1.29, 1.82) is 0 Å². The summed E-state index contributed by atoms with van der Waals surface area (Å²) < 4.78 is 6.98. The van der Waals surface area contributed by atoms with Gasteiger partial charge in [-0.2, -0.15) is 10.2 Å². The van der Waals surface area contributed by atoms with Crippen LogP contribution in [0.2, 0.25) is 10.3 Å². The van der Waals surface area contributed by atoms with Gasteiger partial charge in [0.15, 0.2) is 11.5 Å². The van der Waals surface area contributed by atoms with Crippen LogP contribution in [0.15, 0.2) is 54.0 Å². The van der Waals surface area contributed by atoms with Crippen LogP contribution < -0.4 is 10.2 Å². The topological polar surface area (TPSA) is 90.1 Å². The van der Waals surface area contributed by atoms with Gasteiger partial charge in [0.25, 0.3) is 0 Å². The molecule has 4 aromatic rings. The van der Waals surface area contributed by atoms with Crippen molar-refractivity contribution in [3.63, 3.8) is 0 Å². The quantitative estimate of drug-likeness (QED) is 0.302. The van der Waals surface area contributed by atoms with E-state index in [0.29, 0.717) is 22.4 Å². The summed E-state index contributed by atoms with van der Waals surface area (Å²) in [5.74, 6) is 1.24. The van der Waals surface area contributed by atoms with Gasteiger partial charge in [0, 0.05) is 11.6 Å². The van der Waals surface area contributed by atoms with Gasteiger partial charge in [0.05, 0.1) is 30.6 Å². The minimum absolute atomic E-state index is 0.290. The normalized spacial score (nSPS) is 11.2. The predicted octanol–water partition coefficient (Wildman–Crippen LogP) is 3.97. The van der Waals surface area contributed by atoms with Gasteiger partial charge in [-0.25, -0.2) is 19.6 Å². The average molecular weight is 414 g/mol. The van der Waals surface area contributed by atoms with E-state index in [-0.39, 0.29) is 10.3 Å². The van der Waals surface area contributed by atoms with Crippen LogP contribution in [0.1, 0.15) is 5.56 Å². The van der Waals surface area contributed by atoms with E-state index in [1.165, 1.54) is 6.33 Å². The Kier molecular flexibility index (Phi) is 5.05. The molecule has 0 atom stereocenters. The number of hydrogen-bond acceptors (Lipinski definition) is 7. The van der Waals surface area contributed by atoms with E-state index in [0.717, 1.165) is 11.4 Å². The molecular weight excluding hydrogens is 401 g/mol. The van der Waals surface area contributed by atoms with Crippen LogP contribution in [0.25, 0.3) is 16.7 Å². The molecule has 0 radical (unpaired) electrons. The molecule has 0 aliphatic heterocycles. The van der Waals surface area contributed by atoms with E-state index >= 15 is 0 Å². The number of anilines is 1. The molecule has 1 N–H and O–H groups in total. The van der Waals surface area contributed by atoms with Crippen molar-refractivity contribution in [3.05, 3.63) is 64.8 Å². The number of fused-ring (bicyclic) bond motifs is 1. The molecule has 3 heterocycles. The lowest BCUT2D eigenvalue weighted by atomic mass is 10.3. The Morgan fingerprint density at radius 3 is 2.75 bits per heavy atom. The molecule has 0 aliphatic rings. The number of hydrogen-bond donors (Lipinski definition) is 1. The third-order valence-electron chi connectivity index (χ3n) is 3.83. The van der Waals surface area contributed by atoms with Crippen LogP contribution in [-0.4, -0.2) is 38.1 Å². The Morgan fingerprint density at radius 1 is 1.14 bits per heavy atom. The van der Waals surface area contributed by atoms with Crippen molar-refractivity contribution in [1.82, 2.24) is 24.7 Å². The average Bonchev–Trinajstić information content (AvgIpc) is 3.12. The Bertz CT molecular complexity index is 1160. The second-order valence-electron chi connectivity index (χ2n) is 5.63. The molecule has 0 aliphatic carbocycles. The highest BCUT2D eigenvalue weighted by atomic mass is 35.5. The van der Waals surface area contributed by atoms with Crippen molar-refractivity contribution in [2.75, 3.05) is 12.5 Å². The van der Waals surface area contributed by atoms with Crippen molar-refractivity contribution < 1.29 is 4.74 Å². The molecule has 28 heavy (non-hydrogen) atoms. The number of nitrogens with zero attached hydrogens (tertiary/aromatic N) is 6. The second-order valence-corrected chi connectivity index (χ2v) is 6.41. The van der Waals surface area contributed by atoms with Gasteiger partial charge in [-0.3, -0.25) is 5.43 Å². The van der Waals surface area contributed by atoms with Gasteiger partial charge in [0.1, 0.15) is 22.4 Å². The fourth-order valence-electron chi connectivity index (χ4n) is 2.59. The molecule has 140 valence electrons. The molecule has 3 aromatic heterocycles. The standard InChI is InChI=1S/C18H13Cl2N7O/c1-28-13-4-2-3-12(7-13)27-18-14(9-24-27)17(21-10-22-18)26-23-8-11-5-15(19)25-16(20)6-11/h2-10H,1H3,(H,21,22,26)/b23-8+. The van der Waals surface area contributed by atoms with Crippen LogP contribution >= 0.6 is 23.2 Å². The third kappa shape index (κ3) is 3.73. The Labute approximate surface area is 169 Å². The minimum atomic E-state index is 0.290. The number of pyridine rings is 1. The first-order valence-electron chi connectivity index (χ1n) is 8.09. The summed E-state index contributed by atoms with van der Waals surface area (Å²) in [6.45, 7) is 0. The monoisotopic (exact) mass is 413 g/mol. The number of aromatic nitrogens is 5. The van der Waals surface area contributed by atoms with Gasteiger partial charge in [-0.15, -0.1) is 0 Å². The van der Waals surface area contributed by atoms with Crippen molar-refractivity contribution in [2.24, 2.45) is 5.10 Å². The fourth-order valence-corrected chi connectivity index (χ4v) is 3.07. The van der Waals surface area contributed by atoms with Crippen LogP contribution in [0.4, 0.5) is 5.82 Å². The first-order valence-corrected chi connectivity index (χ1v) is 8.85. The highest BCUT2D eigenvalue weighted by molar-refractivity contribution is 6.32. The summed E-state index contributed by atoms with van der Waals surface area (Å²) in [5, 5.41) is 9.90. The van der Waals surface area contributed by atoms with Crippen LogP contribution in [0.5, 0.6) is 5.75 Å². The van der Waals surface area contributed by atoms with E-state index in [2.05, 4.69) is 30.6 Å². The number of ether oxygens (including phenoxy) is 1. The lowest BCUT2D eigenvalue weighted by Gasteiger charge is -2.06. The van der Waals surface area contributed by atoms with Crippen molar-refractivity contribution >= 4 is 46.3 Å². The summed E-state index contributed by atoms with van der Waals surface area (Å²) in [5.41, 5.74) is 5.06. The summed E-state index contributed by atoms with van der Waals surface area (Å²) >= 11 is 11.8. The first kappa shape index (κ1) is 18.1. The first-order chi connectivity index (χ1) is 13.6. The maximum Gasteiger partial charge on any atom is 0.168 e. The zero-order valence-corrected chi connectivity index (χ0v) is 16.1. The van der Waals surface area contributed by atoms with E-state index in [1.54, 1.807) is 36.3 Å². The number of nitrogens with one attached hydrogen (secondary N) is 1. The van der Waals surface area contributed by atoms with E-state index in [1.807, 2.05) is 24.3 Å². The molecule has 4 rings (SSSR count). The van der Waals surface area contributed by atoms with Crippen LogP contribution in [0, 0.1) is 0 Å². The molecule has 0 saturated heterocycles. The van der Waals surface area contributed by atoms with E-state index in [9.17, 15) is 0 Å². The van der Waals surface area contributed by atoms with Gasteiger partial charge in [-0.05, 0) is 24.3 Å². The number of halogens is 2. The molecule has 0 amide bonds. The number of rotatable bonds is 5. The predicted molar refractivity (Wildman–Crippen MR) is 109 cm³/mol. The molecule has 0 unspecified atom stereocenters. The Hall–Kier alpha value is -3.23. The lowest BCUT2D eigenvalue weighted by Crippen LogP contribution is -2.00. The summed E-state index contributed by atoms with van der Waals surface area (Å²) in [7, 11) is 1.62. The van der Waals surface area contributed by atoms with Crippen molar-refractivity contribution in [2.45, 2.75) is 0 Å². The van der Waals surface area contributed by atoms with Crippen LogP contribution in [0.3, 0.4) is 0 Å². The SMILES string of the molecule is COc1cccc(-n2ncc3c(N/N=C/c4cc(Cl)nc(Cl)c4)ncnc32)c1. The summed E-state index contributed by atoms with van der Waals surface area (Å²) in [6.07, 6.45) is 4.69. The lowest BCUT2D eigenvalue weighted by molar-refractivity contribution is 0.414. The van der Waals surface area contributed by atoms with Gasteiger partial charge in [-0.1, -0.05) is 29.3 Å². The molecule has 10 heteroatoms. The zero-order chi connectivity index (χ0) is 19.5. The smallest absolute Gasteiger partial charge is 0.168 e. The highest BCUT2D eigenvalue weighted by Crippen LogP contribution is 2.23. The maximum absolute atomic E-state index is 5.89. The fraction of sp³-hybridized carbons (Fsp3) is 0.0556. The molecule has 8 nitrogen and oxygen atoms in total. The maximum atomic E-state index is 5.89. The van der Waals surface area contributed by atoms with Gasteiger partial charge < -0.3 is 4.74 Å². The number of hydrazone groups is 1. The summed E-state index contributed by atoms with van der Waals surface area (Å²) in [6, 6.07) is 10.8. The second kappa shape index (κ2) is 7.79. The van der Waals surface area contributed by atoms with Gasteiger partial charge in [0.2, 0.25) is 0 Å². The molecule has 1 aromatic carbocycles. The minimum Gasteiger partial charge on any atom is -0.497 e. The van der Waals surface area contributed by atoms with E-state index in [4.69, 9.17) is 27.9 Å². The molecule has 0 saturated carbocycles. The number of methoxy groups -OCH3 is 1. The largest absolute Gasteiger partial charge is 0.497 e. The molecule has 0 fully saturated rings. The summed E-state index contributed by atoms with van der Waals surface area (Å²) in [4.78, 5) is 12.5. The zero-order valence-electron chi connectivity index (χ0n) is 14.5. The molecular formula is C18H13Cl2N7O. The van der Waals surface area contributed by atoms with Gasteiger partial charge >= 0.3 is 0 Å². The van der Waals surface area contributed by atoms with Crippen molar-refractivity contribution in [3.8, 4) is 11.4 Å². The molecule has 0 spiro atoms. The third-order valence-corrected chi connectivity index (χ3v) is 4.22. The van der Waals surface area contributed by atoms with E-state index < -0.39 is 0 Å². The highest BCUT2D eigenvalue weighted by Gasteiger charge is 2.11.